The standard InChI is InChI=1S/C8H6N4S2/c1-2-4-7-5(9-13-11-7)3-6-8(4)12-14-10-6/h3H,2H2,1H3. The van der Waals surface area contributed by atoms with E-state index in [2.05, 4.69) is 24.4 Å². The molecule has 2 heterocycles. The van der Waals surface area contributed by atoms with Gasteiger partial charge in [0.1, 0.15) is 22.4 Å². The highest BCUT2D eigenvalue weighted by Gasteiger charge is 2.16. The molecule has 0 bridgehead atoms. The maximum absolute atomic E-state index is 4.29. The van der Waals surface area contributed by atoms with E-state index in [0.717, 1.165) is 28.8 Å². The molecule has 1 aliphatic rings. The Bertz CT molecular complexity index is 580. The summed E-state index contributed by atoms with van der Waals surface area (Å²) in [4.78, 5) is 0. The molecule has 1 aromatic carbocycles. The van der Waals surface area contributed by atoms with Crippen molar-refractivity contribution >= 4 is 45.5 Å². The third-order valence-electron chi connectivity index (χ3n) is 2.23. The van der Waals surface area contributed by atoms with E-state index in [1.165, 1.54) is 28.6 Å². The minimum absolute atomic E-state index is 0.921. The van der Waals surface area contributed by atoms with Crippen molar-refractivity contribution in [2.75, 3.05) is 0 Å². The number of aryl methyl sites for hydroxylation is 1. The smallest absolute Gasteiger partial charge is 0.110 e. The quantitative estimate of drug-likeness (QED) is 0.635. The fourth-order valence-corrected chi connectivity index (χ4v) is 2.68. The number of aromatic nitrogens is 2. The second-order valence-corrected chi connectivity index (χ2v) is 4.03. The second kappa shape index (κ2) is 2.93. The van der Waals surface area contributed by atoms with Gasteiger partial charge in [0.2, 0.25) is 0 Å². The Kier molecular flexibility index (Phi) is 1.71. The first-order chi connectivity index (χ1) is 6.90. The van der Waals surface area contributed by atoms with Gasteiger partial charge in [0, 0.05) is 5.56 Å². The Hall–Kier alpha value is -1.14. The third kappa shape index (κ3) is 0.978. The van der Waals surface area contributed by atoms with Crippen molar-refractivity contribution in [2.45, 2.75) is 13.3 Å². The van der Waals surface area contributed by atoms with Crippen LogP contribution in [-0.2, 0) is 17.8 Å². The highest BCUT2D eigenvalue weighted by atomic mass is 32.1. The maximum Gasteiger partial charge on any atom is 0.110 e. The number of fused-ring (bicyclic) bond motifs is 2. The molecule has 4 nitrogen and oxygen atoms in total. The van der Waals surface area contributed by atoms with Gasteiger partial charge in [-0.05, 0) is 12.5 Å². The summed E-state index contributed by atoms with van der Waals surface area (Å²) in [7, 11) is 0. The fourth-order valence-electron chi connectivity index (χ4n) is 1.58. The predicted molar refractivity (Wildman–Crippen MR) is 58.3 cm³/mol. The zero-order chi connectivity index (χ0) is 9.54. The Balaban J connectivity index is 2.48. The maximum atomic E-state index is 4.29. The molecule has 1 aliphatic heterocycles. The Morgan fingerprint density at radius 2 is 2.21 bits per heavy atom. The van der Waals surface area contributed by atoms with Gasteiger partial charge in [-0.2, -0.15) is 17.5 Å². The molecule has 0 N–H and O–H groups in total. The first-order valence-electron chi connectivity index (χ1n) is 4.26. The minimum Gasteiger partial charge on any atom is -0.173 e. The van der Waals surface area contributed by atoms with Crippen molar-refractivity contribution in [1.29, 1.82) is 0 Å². The summed E-state index contributed by atoms with van der Waals surface area (Å²) < 4.78 is 17.0. The Morgan fingerprint density at radius 1 is 1.29 bits per heavy atom. The first-order valence-corrected chi connectivity index (χ1v) is 5.72. The Morgan fingerprint density at radius 3 is 3.07 bits per heavy atom. The summed E-state index contributed by atoms with van der Waals surface area (Å²) in [6, 6.07) is 1.96. The molecule has 0 unspecified atom stereocenters. The van der Waals surface area contributed by atoms with Crippen LogP contribution >= 0.6 is 11.7 Å². The topological polar surface area (TPSA) is 50.5 Å². The first kappa shape index (κ1) is 8.19. The van der Waals surface area contributed by atoms with Crippen LogP contribution in [0.3, 0.4) is 0 Å². The van der Waals surface area contributed by atoms with Gasteiger partial charge in [0.25, 0.3) is 0 Å². The lowest BCUT2D eigenvalue weighted by Gasteiger charge is -2.01. The highest BCUT2D eigenvalue weighted by Crippen LogP contribution is 2.39. The van der Waals surface area contributed by atoms with E-state index in [1.807, 2.05) is 6.07 Å². The van der Waals surface area contributed by atoms with Crippen molar-refractivity contribution in [3.05, 3.63) is 11.6 Å². The van der Waals surface area contributed by atoms with E-state index < -0.39 is 0 Å². The van der Waals surface area contributed by atoms with Crippen molar-refractivity contribution in [3.8, 4) is 0 Å². The van der Waals surface area contributed by atoms with Crippen LogP contribution < -0.4 is 0 Å². The number of hydrogen-bond acceptors (Lipinski definition) is 5. The molecule has 0 radical (unpaired) electrons. The van der Waals surface area contributed by atoms with E-state index in [0.29, 0.717) is 0 Å². The molecule has 2 aromatic rings. The summed E-state index contributed by atoms with van der Waals surface area (Å²) >= 11 is 2.49. The van der Waals surface area contributed by atoms with Crippen molar-refractivity contribution < 1.29 is 0 Å². The van der Waals surface area contributed by atoms with Crippen LogP contribution in [-0.4, -0.2) is 8.75 Å². The average molecular weight is 222 g/mol. The van der Waals surface area contributed by atoms with Gasteiger partial charge in [-0.1, -0.05) is 6.92 Å². The lowest BCUT2D eigenvalue weighted by atomic mass is 10.1. The van der Waals surface area contributed by atoms with Crippen LogP contribution in [0.15, 0.2) is 14.8 Å². The van der Waals surface area contributed by atoms with Crippen LogP contribution in [0, 0.1) is 0 Å². The largest absolute Gasteiger partial charge is 0.173 e. The van der Waals surface area contributed by atoms with Gasteiger partial charge in [-0.15, -0.1) is 0 Å². The predicted octanol–water partition coefficient (Wildman–Crippen LogP) is 2.98. The lowest BCUT2D eigenvalue weighted by Crippen LogP contribution is -1.84. The molecule has 0 saturated heterocycles. The summed E-state index contributed by atoms with van der Waals surface area (Å²) in [5.74, 6) is 0. The zero-order valence-electron chi connectivity index (χ0n) is 7.39. The Labute approximate surface area is 88.2 Å². The summed E-state index contributed by atoms with van der Waals surface area (Å²) in [5.41, 5.74) is 5.01. The van der Waals surface area contributed by atoms with Crippen LogP contribution in [0.5, 0.6) is 0 Å². The van der Waals surface area contributed by atoms with Crippen LogP contribution in [0.2, 0.25) is 0 Å². The van der Waals surface area contributed by atoms with Crippen LogP contribution in [0.1, 0.15) is 12.5 Å². The third-order valence-corrected chi connectivity index (χ3v) is 3.31. The normalized spacial score (nSPS) is 13.2. The van der Waals surface area contributed by atoms with Crippen molar-refractivity contribution in [3.63, 3.8) is 0 Å². The van der Waals surface area contributed by atoms with Gasteiger partial charge in [-0.25, -0.2) is 0 Å². The minimum atomic E-state index is 0.921. The molecule has 6 heteroatoms. The molecule has 1 aromatic heterocycles. The van der Waals surface area contributed by atoms with Gasteiger partial charge >= 0.3 is 0 Å². The molecule has 3 rings (SSSR count). The monoisotopic (exact) mass is 222 g/mol. The molecular formula is C8H6N4S2. The lowest BCUT2D eigenvalue weighted by molar-refractivity contribution is 1.15. The average Bonchev–Trinajstić information content (AvgIpc) is 2.80. The molecule has 0 saturated carbocycles. The SMILES string of the molecule is CCc1c2c(cc3nsnc13)N=S=N2. The molecular weight excluding hydrogens is 216 g/mol. The molecule has 0 atom stereocenters. The second-order valence-electron chi connectivity index (χ2n) is 2.97. The van der Waals surface area contributed by atoms with E-state index in [9.17, 15) is 0 Å². The van der Waals surface area contributed by atoms with Gasteiger partial charge in [0.15, 0.2) is 0 Å². The molecule has 0 amide bonds. The number of nitrogens with zero attached hydrogens (tertiary/aromatic N) is 4. The van der Waals surface area contributed by atoms with Gasteiger partial charge in [-0.3, -0.25) is 0 Å². The number of rotatable bonds is 1. The van der Waals surface area contributed by atoms with Crippen LogP contribution in [0.25, 0.3) is 11.0 Å². The number of benzene rings is 1. The molecule has 0 aliphatic carbocycles. The molecule has 0 spiro atoms. The summed E-state index contributed by atoms with van der Waals surface area (Å²) in [6.45, 7) is 2.10. The van der Waals surface area contributed by atoms with E-state index in [4.69, 9.17) is 0 Å². The van der Waals surface area contributed by atoms with Gasteiger partial charge < -0.3 is 0 Å². The van der Waals surface area contributed by atoms with Crippen molar-refractivity contribution in [2.24, 2.45) is 8.73 Å². The zero-order valence-corrected chi connectivity index (χ0v) is 9.02. The van der Waals surface area contributed by atoms with Crippen LogP contribution in [0.4, 0.5) is 11.4 Å². The molecule has 70 valence electrons. The van der Waals surface area contributed by atoms with Gasteiger partial charge in [0.05, 0.1) is 23.1 Å². The summed E-state index contributed by atoms with van der Waals surface area (Å²) in [6.07, 6.45) is 0.921. The number of hydrogen-bond donors (Lipinski definition) is 0. The van der Waals surface area contributed by atoms with E-state index in [1.54, 1.807) is 0 Å². The van der Waals surface area contributed by atoms with Crippen molar-refractivity contribution in [1.82, 2.24) is 8.75 Å². The fraction of sp³-hybridized carbons (Fsp3) is 0.250. The van der Waals surface area contributed by atoms with E-state index in [-0.39, 0.29) is 0 Å². The molecule has 14 heavy (non-hydrogen) atoms. The van der Waals surface area contributed by atoms with E-state index >= 15 is 0 Å². The highest BCUT2D eigenvalue weighted by molar-refractivity contribution is 7.58. The summed E-state index contributed by atoms with van der Waals surface area (Å²) in [5, 5.41) is 0. The molecule has 0 fully saturated rings.